The summed E-state index contributed by atoms with van der Waals surface area (Å²) in [7, 11) is 2.16. The average Bonchev–Trinajstić information content (AvgIpc) is 3.00. The fourth-order valence-electron chi connectivity index (χ4n) is 3.28. The fraction of sp³-hybridized carbons (Fsp3) is 0.929. The van der Waals surface area contributed by atoms with Gasteiger partial charge in [-0.05, 0) is 32.7 Å². The maximum atomic E-state index is 12.0. The van der Waals surface area contributed by atoms with E-state index in [1.54, 1.807) is 0 Å². The van der Waals surface area contributed by atoms with Crippen LogP contribution in [0.1, 0.15) is 51.4 Å². The Morgan fingerprint density at radius 1 is 1.20 bits per heavy atom. The minimum atomic E-state index is -0.577. The molecule has 0 saturated heterocycles. The quantitative estimate of drug-likeness (QED) is 0.813. The Hall–Kier alpha value is -0.0300. The molecule has 2 fully saturated rings. The van der Waals surface area contributed by atoms with Gasteiger partial charge in [-0.2, -0.15) is 0 Å². The molecule has 2 saturated carbocycles. The lowest BCUT2D eigenvalue weighted by molar-refractivity contribution is -0.126. The Kier molecular flexibility index (Phi) is 9.07. The maximum absolute atomic E-state index is 12.0. The molecule has 2 rings (SSSR count). The molecule has 0 aromatic carbocycles. The number of halogens is 2. The monoisotopic (exact) mass is 325 g/mol. The molecule has 3 N–H and O–H groups in total. The second-order valence-electron chi connectivity index (χ2n) is 6.04. The van der Waals surface area contributed by atoms with Crippen LogP contribution in [0.25, 0.3) is 0 Å². The fourth-order valence-corrected chi connectivity index (χ4v) is 3.28. The second kappa shape index (κ2) is 9.08. The lowest BCUT2D eigenvalue weighted by Gasteiger charge is -2.26. The van der Waals surface area contributed by atoms with E-state index in [0.29, 0.717) is 0 Å². The summed E-state index contributed by atoms with van der Waals surface area (Å²) >= 11 is 0. The van der Waals surface area contributed by atoms with Crippen molar-refractivity contribution >= 4 is 30.7 Å². The molecular formula is C14H29Cl2N3O. The lowest BCUT2D eigenvalue weighted by atomic mass is 9.98. The van der Waals surface area contributed by atoms with Crippen LogP contribution in [0.4, 0.5) is 0 Å². The van der Waals surface area contributed by atoms with Crippen molar-refractivity contribution in [2.45, 2.75) is 62.9 Å². The highest BCUT2D eigenvalue weighted by Gasteiger charge is 2.36. The van der Waals surface area contributed by atoms with Crippen molar-refractivity contribution in [3.8, 4) is 0 Å². The highest BCUT2D eigenvalue weighted by atomic mass is 35.5. The van der Waals surface area contributed by atoms with Crippen molar-refractivity contribution in [1.82, 2.24) is 10.2 Å². The van der Waals surface area contributed by atoms with Gasteiger partial charge in [0.05, 0.1) is 5.54 Å². The van der Waals surface area contributed by atoms with Crippen molar-refractivity contribution < 1.29 is 4.79 Å². The van der Waals surface area contributed by atoms with Crippen LogP contribution in [0.15, 0.2) is 0 Å². The first-order valence-corrected chi connectivity index (χ1v) is 7.39. The van der Waals surface area contributed by atoms with Crippen LogP contribution in [0.3, 0.4) is 0 Å². The molecule has 1 amide bonds. The third-order valence-electron chi connectivity index (χ3n) is 4.65. The Bertz CT molecular complexity index is 290. The molecule has 2 aliphatic rings. The number of carbonyl (C=O) groups excluding carboxylic acids is 1. The highest BCUT2D eigenvalue weighted by Crippen LogP contribution is 2.27. The maximum Gasteiger partial charge on any atom is 0.240 e. The Morgan fingerprint density at radius 3 is 2.30 bits per heavy atom. The van der Waals surface area contributed by atoms with Crippen LogP contribution in [-0.4, -0.2) is 42.5 Å². The van der Waals surface area contributed by atoms with Gasteiger partial charge in [-0.3, -0.25) is 4.79 Å². The van der Waals surface area contributed by atoms with Crippen molar-refractivity contribution in [2.75, 3.05) is 20.1 Å². The first-order valence-electron chi connectivity index (χ1n) is 7.39. The van der Waals surface area contributed by atoms with Gasteiger partial charge in [-0.25, -0.2) is 0 Å². The Balaban J connectivity index is 0.00000180. The van der Waals surface area contributed by atoms with Crippen LogP contribution in [0.5, 0.6) is 0 Å². The van der Waals surface area contributed by atoms with Gasteiger partial charge in [0, 0.05) is 19.1 Å². The van der Waals surface area contributed by atoms with Gasteiger partial charge >= 0.3 is 0 Å². The van der Waals surface area contributed by atoms with Crippen molar-refractivity contribution in [3.63, 3.8) is 0 Å². The van der Waals surface area contributed by atoms with E-state index >= 15 is 0 Å². The van der Waals surface area contributed by atoms with E-state index < -0.39 is 5.54 Å². The molecule has 0 bridgehead atoms. The van der Waals surface area contributed by atoms with Crippen LogP contribution in [0.2, 0.25) is 0 Å². The molecule has 0 atom stereocenters. The summed E-state index contributed by atoms with van der Waals surface area (Å²) in [6.45, 7) is 1.66. The predicted octanol–water partition coefficient (Wildman–Crippen LogP) is 2.09. The number of likely N-dealkylation sites (N-methyl/N-ethyl adjacent to an activating group) is 1. The molecule has 2 aliphatic carbocycles. The molecular weight excluding hydrogens is 297 g/mol. The van der Waals surface area contributed by atoms with Crippen LogP contribution >= 0.6 is 24.8 Å². The first kappa shape index (κ1) is 20.0. The van der Waals surface area contributed by atoms with Crippen LogP contribution in [-0.2, 0) is 4.79 Å². The molecule has 0 aliphatic heterocycles. The normalized spacial score (nSPS) is 21.4. The smallest absolute Gasteiger partial charge is 0.240 e. The van der Waals surface area contributed by atoms with E-state index in [4.69, 9.17) is 5.73 Å². The zero-order valence-electron chi connectivity index (χ0n) is 12.4. The molecule has 6 heteroatoms. The van der Waals surface area contributed by atoms with E-state index in [0.717, 1.165) is 44.8 Å². The average molecular weight is 326 g/mol. The number of hydrogen-bond acceptors (Lipinski definition) is 3. The number of rotatable bonds is 5. The summed E-state index contributed by atoms with van der Waals surface area (Å²) in [6.07, 6.45) is 9.20. The number of nitrogens with zero attached hydrogens (tertiary/aromatic N) is 1. The summed E-state index contributed by atoms with van der Waals surface area (Å²) < 4.78 is 0. The molecule has 0 aromatic rings. The van der Waals surface area contributed by atoms with E-state index in [2.05, 4.69) is 17.3 Å². The van der Waals surface area contributed by atoms with Gasteiger partial charge < -0.3 is 16.0 Å². The van der Waals surface area contributed by atoms with Crippen LogP contribution in [0, 0.1) is 0 Å². The number of hydrogen-bond donors (Lipinski definition) is 2. The van der Waals surface area contributed by atoms with Crippen molar-refractivity contribution in [3.05, 3.63) is 0 Å². The third kappa shape index (κ3) is 5.06. The minimum absolute atomic E-state index is 0. The second-order valence-corrected chi connectivity index (χ2v) is 6.04. The summed E-state index contributed by atoms with van der Waals surface area (Å²) in [6, 6.07) is 0.722. The van der Waals surface area contributed by atoms with Gasteiger partial charge in [0.25, 0.3) is 0 Å². The third-order valence-corrected chi connectivity index (χ3v) is 4.65. The zero-order chi connectivity index (χ0) is 13.0. The van der Waals surface area contributed by atoms with Gasteiger partial charge in [0.2, 0.25) is 5.91 Å². The van der Waals surface area contributed by atoms with E-state index in [1.807, 2.05) is 0 Å². The van der Waals surface area contributed by atoms with E-state index in [-0.39, 0.29) is 30.7 Å². The summed E-state index contributed by atoms with van der Waals surface area (Å²) in [5.74, 6) is 0.0554. The van der Waals surface area contributed by atoms with Gasteiger partial charge in [-0.1, -0.05) is 25.7 Å². The summed E-state index contributed by atoms with van der Waals surface area (Å²) in [4.78, 5) is 14.4. The standard InChI is InChI=1S/C14H27N3O.2ClH/c1-17(12-6-2-3-7-12)11-10-16-13(18)14(15)8-4-5-9-14;;/h12H,2-11,15H2,1H3,(H,16,18);2*1H. The van der Waals surface area contributed by atoms with Crippen LogP contribution < -0.4 is 11.1 Å². The van der Waals surface area contributed by atoms with Crippen molar-refractivity contribution in [2.24, 2.45) is 5.73 Å². The molecule has 120 valence electrons. The number of nitrogens with one attached hydrogen (secondary N) is 1. The number of nitrogens with two attached hydrogens (primary N) is 1. The van der Waals surface area contributed by atoms with E-state index in [9.17, 15) is 4.79 Å². The molecule has 4 nitrogen and oxygen atoms in total. The largest absolute Gasteiger partial charge is 0.353 e. The Morgan fingerprint density at radius 2 is 1.75 bits per heavy atom. The SMILES string of the molecule is CN(CCNC(=O)C1(N)CCCC1)C1CCCC1.Cl.Cl. The predicted molar refractivity (Wildman–Crippen MR) is 87.8 cm³/mol. The zero-order valence-corrected chi connectivity index (χ0v) is 14.0. The number of amides is 1. The summed E-state index contributed by atoms with van der Waals surface area (Å²) in [5, 5.41) is 3.01. The van der Waals surface area contributed by atoms with Crippen molar-refractivity contribution in [1.29, 1.82) is 0 Å². The molecule has 0 spiro atoms. The first-order chi connectivity index (χ1) is 8.62. The molecule has 0 radical (unpaired) electrons. The molecule has 20 heavy (non-hydrogen) atoms. The molecule has 0 unspecified atom stereocenters. The Labute approximate surface area is 135 Å². The van der Waals surface area contributed by atoms with E-state index in [1.165, 1.54) is 25.7 Å². The topological polar surface area (TPSA) is 58.4 Å². The summed E-state index contributed by atoms with van der Waals surface area (Å²) in [5.41, 5.74) is 5.54. The molecule has 0 aromatic heterocycles. The highest BCUT2D eigenvalue weighted by molar-refractivity contribution is 5.86. The lowest BCUT2D eigenvalue weighted by Crippen LogP contribution is -2.53. The van der Waals surface area contributed by atoms with Gasteiger partial charge in [-0.15, -0.1) is 24.8 Å². The minimum Gasteiger partial charge on any atom is -0.353 e. The van der Waals surface area contributed by atoms with Gasteiger partial charge in [0.1, 0.15) is 0 Å². The van der Waals surface area contributed by atoms with Gasteiger partial charge in [0.15, 0.2) is 0 Å². The molecule has 0 heterocycles. The number of carbonyl (C=O) groups is 1.